The molecule has 0 radical (unpaired) electrons. The standard InChI is InChI=1S/C18H20N2O5/c1-11-9-20(10-12(2)25-11)15-6-5-13(8-14(15)18(22)23)19-17(21)16-4-3-7-24-16/h3-8,11-12H,9-10H2,1-2H3,(H,19,21)(H,22,23)/t11-,12-/m1/s1. The summed E-state index contributed by atoms with van der Waals surface area (Å²) in [6, 6.07) is 8.02. The molecule has 1 aromatic carbocycles. The summed E-state index contributed by atoms with van der Waals surface area (Å²) in [6.07, 6.45) is 1.44. The summed E-state index contributed by atoms with van der Waals surface area (Å²) in [5.41, 5.74) is 1.15. The second-order valence-electron chi connectivity index (χ2n) is 6.13. The fourth-order valence-corrected chi connectivity index (χ4v) is 3.04. The van der Waals surface area contributed by atoms with Gasteiger partial charge in [0.2, 0.25) is 0 Å². The van der Waals surface area contributed by atoms with E-state index >= 15 is 0 Å². The normalized spacial score (nSPS) is 20.3. The van der Waals surface area contributed by atoms with E-state index in [0.717, 1.165) is 0 Å². The van der Waals surface area contributed by atoms with Gasteiger partial charge in [-0.3, -0.25) is 4.79 Å². The summed E-state index contributed by atoms with van der Waals surface area (Å²) in [6.45, 7) is 5.15. The molecule has 2 atom stereocenters. The molecule has 7 heteroatoms. The van der Waals surface area contributed by atoms with Crippen LogP contribution in [0.1, 0.15) is 34.8 Å². The Balaban J connectivity index is 1.85. The van der Waals surface area contributed by atoms with Gasteiger partial charge in [0.25, 0.3) is 5.91 Å². The van der Waals surface area contributed by atoms with E-state index in [1.54, 1.807) is 18.2 Å². The highest BCUT2D eigenvalue weighted by molar-refractivity contribution is 6.03. The van der Waals surface area contributed by atoms with Crippen molar-refractivity contribution < 1.29 is 23.8 Å². The molecule has 1 aliphatic heterocycles. The number of morpholine rings is 1. The fraction of sp³-hybridized carbons (Fsp3) is 0.333. The number of anilines is 2. The zero-order chi connectivity index (χ0) is 18.0. The molecule has 1 amide bonds. The van der Waals surface area contributed by atoms with E-state index in [4.69, 9.17) is 9.15 Å². The van der Waals surface area contributed by atoms with Gasteiger partial charge in [0.05, 0.1) is 29.7 Å². The Morgan fingerprint density at radius 2 is 1.92 bits per heavy atom. The highest BCUT2D eigenvalue weighted by Crippen LogP contribution is 2.27. The highest BCUT2D eigenvalue weighted by atomic mass is 16.5. The molecule has 0 saturated carbocycles. The lowest BCUT2D eigenvalue weighted by atomic mass is 10.1. The van der Waals surface area contributed by atoms with Gasteiger partial charge in [0, 0.05) is 18.8 Å². The molecule has 25 heavy (non-hydrogen) atoms. The van der Waals surface area contributed by atoms with Crippen molar-refractivity contribution in [3.8, 4) is 0 Å². The smallest absolute Gasteiger partial charge is 0.337 e. The number of nitrogens with zero attached hydrogens (tertiary/aromatic N) is 1. The van der Waals surface area contributed by atoms with Crippen LogP contribution in [-0.4, -0.2) is 42.3 Å². The van der Waals surface area contributed by atoms with Crippen molar-refractivity contribution in [2.24, 2.45) is 0 Å². The first-order valence-corrected chi connectivity index (χ1v) is 8.06. The summed E-state index contributed by atoms with van der Waals surface area (Å²) in [5, 5.41) is 12.2. The molecule has 2 aromatic rings. The van der Waals surface area contributed by atoms with Crippen LogP contribution in [0.3, 0.4) is 0 Å². The predicted molar refractivity (Wildman–Crippen MR) is 92.3 cm³/mol. The monoisotopic (exact) mass is 344 g/mol. The van der Waals surface area contributed by atoms with Gasteiger partial charge >= 0.3 is 5.97 Å². The second-order valence-corrected chi connectivity index (χ2v) is 6.13. The minimum Gasteiger partial charge on any atom is -0.478 e. The minimum absolute atomic E-state index is 0.0173. The molecule has 3 rings (SSSR count). The maximum atomic E-state index is 12.0. The SMILES string of the molecule is C[C@@H]1CN(c2ccc(NC(=O)c3ccco3)cc2C(=O)O)C[C@@H](C)O1. The van der Waals surface area contributed by atoms with Crippen molar-refractivity contribution in [2.75, 3.05) is 23.3 Å². The van der Waals surface area contributed by atoms with Gasteiger partial charge in [-0.25, -0.2) is 4.79 Å². The number of carboxylic acids is 1. The van der Waals surface area contributed by atoms with Crippen LogP contribution in [0.2, 0.25) is 0 Å². The average Bonchev–Trinajstić information content (AvgIpc) is 3.08. The maximum absolute atomic E-state index is 12.0. The van der Waals surface area contributed by atoms with E-state index in [-0.39, 0.29) is 23.5 Å². The fourth-order valence-electron chi connectivity index (χ4n) is 3.04. The van der Waals surface area contributed by atoms with Gasteiger partial charge in [-0.1, -0.05) is 0 Å². The Morgan fingerprint density at radius 1 is 1.20 bits per heavy atom. The molecular weight excluding hydrogens is 324 g/mol. The summed E-state index contributed by atoms with van der Waals surface area (Å²) in [4.78, 5) is 25.8. The zero-order valence-corrected chi connectivity index (χ0v) is 14.1. The molecule has 1 aromatic heterocycles. The number of aromatic carboxylic acids is 1. The Hall–Kier alpha value is -2.80. The van der Waals surface area contributed by atoms with Crippen molar-refractivity contribution in [1.82, 2.24) is 0 Å². The lowest BCUT2D eigenvalue weighted by Crippen LogP contribution is -2.46. The van der Waals surface area contributed by atoms with Gasteiger partial charge in [-0.05, 0) is 44.2 Å². The molecule has 1 aliphatic rings. The maximum Gasteiger partial charge on any atom is 0.337 e. The number of benzene rings is 1. The molecule has 0 spiro atoms. The number of ether oxygens (including phenoxy) is 1. The first kappa shape index (κ1) is 17.0. The van der Waals surface area contributed by atoms with E-state index in [1.807, 2.05) is 18.7 Å². The molecule has 1 saturated heterocycles. The molecule has 2 heterocycles. The van der Waals surface area contributed by atoms with E-state index in [0.29, 0.717) is 24.5 Å². The van der Waals surface area contributed by atoms with E-state index < -0.39 is 11.9 Å². The zero-order valence-electron chi connectivity index (χ0n) is 14.1. The third-order valence-electron chi connectivity index (χ3n) is 3.99. The van der Waals surface area contributed by atoms with E-state index in [9.17, 15) is 14.7 Å². The Bertz CT molecular complexity index is 762. The van der Waals surface area contributed by atoms with Crippen LogP contribution >= 0.6 is 0 Å². The van der Waals surface area contributed by atoms with Crippen molar-refractivity contribution in [3.63, 3.8) is 0 Å². The van der Waals surface area contributed by atoms with Crippen LogP contribution in [0.15, 0.2) is 41.0 Å². The van der Waals surface area contributed by atoms with E-state index in [1.165, 1.54) is 18.4 Å². The molecule has 1 fully saturated rings. The van der Waals surface area contributed by atoms with Crippen LogP contribution in [0.4, 0.5) is 11.4 Å². The van der Waals surface area contributed by atoms with Gasteiger partial charge in [0.1, 0.15) is 0 Å². The lowest BCUT2D eigenvalue weighted by molar-refractivity contribution is -0.00531. The number of nitrogens with one attached hydrogen (secondary N) is 1. The second kappa shape index (κ2) is 6.98. The number of carboxylic acid groups (broad SMARTS) is 1. The topological polar surface area (TPSA) is 92.0 Å². The molecule has 7 nitrogen and oxygen atoms in total. The van der Waals surface area contributed by atoms with Gasteiger partial charge in [-0.2, -0.15) is 0 Å². The van der Waals surface area contributed by atoms with Gasteiger partial charge in [0.15, 0.2) is 5.76 Å². The molecule has 2 N–H and O–H groups in total. The van der Waals surface area contributed by atoms with Crippen LogP contribution in [0.25, 0.3) is 0 Å². The summed E-state index contributed by atoms with van der Waals surface area (Å²) >= 11 is 0. The van der Waals surface area contributed by atoms with Gasteiger partial charge < -0.3 is 24.5 Å². The first-order valence-electron chi connectivity index (χ1n) is 8.06. The van der Waals surface area contributed by atoms with Crippen LogP contribution in [-0.2, 0) is 4.74 Å². The number of hydrogen-bond acceptors (Lipinski definition) is 5. The lowest BCUT2D eigenvalue weighted by Gasteiger charge is -2.37. The number of furan rings is 1. The van der Waals surface area contributed by atoms with Crippen LogP contribution in [0.5, 0.6) is 0 Å². The summed E-state index contributed by atoms with van der Waals surface area (Å²) in [5.74, 6) is -1.31. The Kier molecular flexibility index (Phi) is 4.76. The van der Waals surface area contributed by atoms with Crippen molar-refractivity contribution >= 4 is 23.3 Å². The predicted octanol–water partition coefficient (Wildman–Crippen LogP) is 2.84. The quantitative estimate of drug-likeness (QED) is 0.886. The number of carbonyl (C=O) groups excluding carboxylic acids is 1. The number of rotatable bonds is 4. The molecule has 0 aliphatic carbocycles. The molecule has 132 valence electrons. The van der Waals surface area contributed by atoms with Gasteiger partial charge in [-0.15, -0.1) is 0 Å². The van der Waals surface area contributed by atoms with Crippen molar-refractivity contribution in [3.05, 3.63) is 47.9 Å². The molecule has 0 unspecified atom stereocenters. The van der Waals surface area contributed by atoms with Crippen LogP contribution < -0.4 is 10.2 Å². The Morgan fingerprint density at radius 3 is 2.52 bits per heavy atom. The largest absolute Gasteiger partial charge is 0.478 e. The minimum atomic E-state index is -1.05. The average molecular weight is 344 g/mol. The summed E-state index contributed by atoms with van der Waals surface area (Å²) in [7, 11) is 0. The number of hydrogen-bond donors (Lipinski definition) is 2. The third-order valence-corrected chi connectivity index (χ3v) is 3.99. The number of carbonyl (C=O) groups is 2. The third kappa shape index (κ3) is 3.83. The Labute approximate surface area is 145 Å². The van der Waals surface area contributed by atoms with Crippen molar-refractivity contribution in [1.29, 1.82) is 0 Å². The molecule has 0 bridgehead atoms. The van der Waals surface area contributed by atoms with Crippen molar-refractivity contribution in [2.45, 2.75) is 26.1 Å². The summed E-state index contributed by atoms with van der Waals surface area (Å²) < 4.78 is 10.7. The first-order chi connectivity index (χ1) is 11.9. The number of amides is 1. The van der Waals surface area contributed by atoms with Crippen LogP contribution in [0, 0.1) is 0 Å². The molecular formula is C18H20N2O5. The van der Waals surface area contributed by atoms with E-state index in [2.05, 4.69) is 5.32 Å². The highest BCUT2D eigenvalue weighted by Gasteiger charge is 2.26.